The van der Waals surface area contributed by atoms with Crippen LogP contribution in [0.4, 0.5) is 0 Å². The average Bonchev–Trinajstić information content (AvgIpc) is 2.67. The Labute approximate surface area is 150 Å². The van der Waals surface area contributed by atoms with Crippen LogP contribution in [0.2, 0.25) is 0 Å². The summed E-state index contributed by atoms with van der Waals surface area (Å²) in [5, 5.41) is 2.78. The number of hydrogen-bond donors (Lipinski definition) is 1. The summed E-state index contributed by atoms with van der Waals surface area (Å²) in [6.07, 6.45) is 3.89. The van der Waals surface area contributed by atoms with E-state index in [2.05, 4.69) is 10.3 Å². The number of nitrogens with one attached hydrogen (secondary N) is 1. The minimum Gasteiger partial charge on any atom is -0.493 e. The van der Waals surface area contributed by atoms with E-state index < -0.39 is 23.8 Å². The lowest BCUT2D eigenvalue weighted by Gasteiger charge is -2.21. The summed E-state index contributed by atoms with van der Waals surface area (Å²) in [6, 6.07) is 4.45. The van der Waals surface area contributed by atoms with Gasteiger partial charge in [-0.25, -0.2) is 4.99 Å². The third kappa shape index (κ3) is 4.69. The van der Waals surface area contributed by atoms with Gasteiger partial charge in [-0.15, -0.1) is 0 Å². The van der Waals surface area contributed by atoms with Gasteiger partial charge in [0.1, 0.15) is 0 Å². The molecule has 1 aromatic rings. The molecular formula is C18H20N2O6. The molecular weight excluding hydrogens is 340 g/mol. The topological polar surface area (TPSA) is 103 Å². The molecule has 1 aliphatic rings. The van der Waals surface area contributed by atoms with Crippen molar-refractivity contribution < 1.29 is 28.6 Å². The summed E-state index contributed by atoms with van der Waals surface area (Å²) in [5.41, 5.74) is 0.647. The molecule has 1 N–H and O–H groups in total. The van der Waals surface area contributed by atoms with Crippen LogP contribution in [0.15, 0.2) is 35.3 Å². The summed E-state index contributed by atoms with van der Waals surface area (Å²) < 4.78 is 15.2. The fourth-order valence-electron chi connectivity index (χ4n) is 2.43. The Kier molecular flexibility index (Phi) is 6.48. The largest absolute Gasteiger partial charge is 0.493 e. The molecule has 26 heavy (non-hydrogen) atoms. The third-order valence-electron chi connectivity index (χ3n) is 3.84. The monoisotopic (exact) mass is 360 g/mol. The van der Waals surface area contributed by atoms with Crippen molar-refractivity contribution >= 4 is 24.0 Å². The molecule has 0 saturated carbocycles. The first-order valence-electron chi connectivity index (χ1n) is 7.84. The summed E-state index contributed by atoms with van der Waals surface area (Å²) in [6.45, 7) is 0. The molecule has 2 unspecified atom stereocenters. The molecule has 1 aromatic carbocycles. The van der Waals surface area contributed by atoms with Gasteiger partial charge >= 0.3 is 5.97 Å². The number of ether oxygens (including phenoxy) is 3. The number of aliphatic imine (C=N–C) groups is 1. The van der Waals surface area contributed by atoms with Gasteiger partial charge in [-0.05, 0) is 17.7 Å². The minimum absolute atomic E-state index is 0.0652. The molecule has 0 aliphatic carbocycles. The van der Waals surface area contributed by atoms with Crippen molar-refractivity contribution in [3.8, 4) is 11.5 Å². The number of carbonyl (C=O) groups excluding carboxylic acids is 3. The Balaban J connectivity index is 2.24. The van der Waals surface area contributed by atoms with Crippen LogP contribution in [0.3, 0.4) is 0 Å². The molecule has 138 valence electrons. The summed E-state index contributed by atoms with van der Waals surface area (Å²) in [7, 11) is 4.29. The maximum atomic E-state index is 12.5. The predicted octanol–water partition coefficient (Wildman–Crippen LogP) is 1.21. The maximum Gasteiger partial charge on any atom is 0.307 e. The normalized spacial score (nSPS) is 16.7. The summed E-state index contributed by atoms with van der Waals surface area (Å²) in [5.74, 6) is -0.971. The Bertz CT molecular complexity index is 740. The number of methoxy groups -OCH3 is 3. The number of amides is 2. The molecule has 0 aromatic heterocycles. The van der Waals surface area contributed by atoms with Gasteiger partial charge in [-0.3, -0.25) is 14.4 Å². The van der Waals surface area contributed by atoms with E-state index in [4.69, 9.17) is 14.2 Å². The quantitative estimate of drug-likeness (QED) is 0.733. The standard InChI is InChI=1S/C18H20N2O6/c1-24-14-6-4-11(8-15(14)25-2)13(9-17(22)26-3)20-18(23)12-5-7-16(21)19-10-12/h4-8,10,12-13H,9H2,1-3H3,(H,20,23). The molecule has 0 bridgehead atoms. The molecule has 1 aliphatic heterocycles. The molecule has 0 radical (unpaired) electrons. The molecule has 2 amide bonds. The Hall–Kier alpha value is -3.16. The van der Waals surface area contributed by atoms with Crippen molar-refractivity contribution in [1.29, 1.82) is 0 Å². The highest BCUT2D eigenvalue weighted by molar-refractivity contribution is 6.05. The molecule has 0 fully saturated rings. The number of carbonyl (C=O) groups is 3. The summed E-state index contributed by atoms with van der Waals surface area (Å²) >= 11 is 0. The fourth-order valence-corrected chi connectivity index (χ4v) is 2.43. The van der Waals surface area contributed by atoms with Crippen LogP contribution in [-0.4, -0.2) is 45.3 Å². The average molecular weight is 360 g/mol. The van der Waals surface area contributed by atoms with Gasteiger partial charge in [0.15, 0.2) is 11.5 Å². The van der Waals surface area contributed by atoms with Crippen LogP contribution in [0.25, 0.3) is 0 Å². The number of rotatable bonds is 7. The lowest BCUT2D eigenvalue weighted by Crippen LogP contribution is -2.36. The first-order valence-corrected chi connectivity index (χ1v) is 7.84. The van der Waals surface area contributed by atoms with E-state index in [0.29, 0.717) is 17.1 Å². The highest BCUT2D eigenvalue weighted by atomic mass is 16.5. The van der Waals surface area contributed by atoms with E-state index in [-0.39, 0.29) is 12.3 Å². The van der Waals surface area contributed by atoms with Crippen LogP contribution >= 0.6 is 0 Å². The predicted molar refractivity (Wildman–Crippen MR) is 93.2 cm³/mol. The lowest BCUT2D eigenvalue weighted by atomic mass is 10.0. The Morgan fingerprint density at radius 1 is 1.19 bits per heavy atom. The number of hydrogen-bond acceptors (Lipinski definition) is 6. The first-order chi connectivity index (χ1) is 12.5. The van der Waals surface area contributed by atoms with Crippen molar-refractivity contribution in [2.24, 2.45) is 10.9 Å². The number of esters is 1. The summed E-state index contributed by atoms with van der Waals surface area (Å²) in [4.78, 5) is 38.9. The molecule has 0 saturated heterocycles. The van der Waals surface area contributed by atoms with Crippen molar-refractivity contribution in [2.75, 3.05) is 21.3 Å². The maximum absolute atomic E-state index is 12.5. The van der Waals surface area contributed by atoms with Gasteiger partial charge in [0.25, 0.3) is 5.91 Å². The zero-order valence-electron chi connectivity index (χ0n) is 14.7. The fraction of sp³-hybridized carbons (Fsp3) is 0.333. The van der Waals surface area contributed by atoms with E-state index in [1.54, 1.807) is 18.2 Å². The van der Waals surface area contributed by atoms with Gasteiger partial charge in [0.05, 0.1) is 39.7 Å². The van der Waals surface area contributed by atoms with E-state index >= 15 is 0 Å². The molecule has 2 atom stereocenters. The number of dihydropyridines is 1. The molecule has 8 nitrogen and oxygen atoms in total. The van der Waals surface area contributed by atoms with Crippen LogP contribution in [0.1, 0.15) is 18.0 Å². The highest BCUT2D eigenvalue weighted by Gasteiger charge is 2.24. The van der Waals surface area contributed by atoms with E-state index in [0.717, 1.165) is 0 Å². The third-order valence-corrected chi connectivity index (χ3v) is 3.84. The van der Waals surface area contributed by atoms with Crippen LogP contribution in [0, 0.1) is 5.92 Å². The van der Waals surface area contributed by atoms with Gasteiger partial charge in [0.2, 0.25) is 5.91 Å². The van der Waals surface area contributed by atoms with Gasteiger partial charge < -0.3 is 19.5 Å². The molecule has 0 spiro atoms. The second-order valence-corrected chi connectivity index (χ2v) is 5.46. The second-order valence-electron chi connectivity index (χ2n) is 5.46. The van der Waals surface area contributed by atoms with E-state index in [9.17, 15) is 14.4 Å². The van der Waals surface area contributed by atoms with Crippen molar-refractivity contribution in [2.45, 2.75) is 12.5 Å². The van der Waals surface area contributed by atoms with Crippen LogP contribution in [0.5, 0.6) is 11.5 Å². The van der Waals surface area contributed by atoms with Crippen molar-refractivity contribution in [3.63, 3.8) is 0 Å². The first kappa shape index (κ1) is 19.2. The second kappa shape index (κ2) is 8.80. The van der Waals surface area contributed by atoms with Gasteiger partial charge in [-0.1, -0.05) is 12.1 Å². The number of nitrogens with zero attached hydrogens (tertiary/aromatic N) is 1. The zero-order valence-corrected chi connectivity index (χ0v) is 14.7. The molecule has 1 heterocycles. The van der Waals surface area contributed by atoms with E-state index in [1.807, 2.05) is 0 Å². The molecule has 2 rings (SSSR count). The molecule has 8 heteroatoms. The Morgan fingerprint density at radius 2 is 1.92 bits per heavy atom. The zero-order chi connectivity index (χ0) is 19.1. The smallest absolute Gasteiger partial charge is 0.307 e. The van der Waals surface area contributed by atoms with Gasteiger partial charge in [-0.2, -0.15) is 0 Å². The minimum atomic E-state index is -0.687. The van der Waals surface area contributed by atoms with Crippen molar-refractivity contribution in [3.05, 3.63) is 35.9 Å². The SMILES string of the molecule is COC(=O)CC(NC(=O)C1C=CC(=O)N=C1)c1ccc(OC)c(OC)c1. The van der Waals surface area contributed by atoms with Gasteiger partial charge in [0, 0.05) is 12.3 Å². The van der Waals surface area contributed by atoms with Crippen LogP contribution < -0.4 is 14.8 Å². The highest BCUT2D eigenvalue weighted by Crippen LogP contribution is 2.31. The lowest BCUT2D eigenvalue weighted by molar-refractivity contribution is -0.141. The number of benzene rings is 1. The van der Waals surface area contributed by atoms with E-state index in [1.165, 1.54) is 39.7 Å². The van der Waals surface area contributed by atoms with Crippen LogP contribution in [-0.2, 0) is 19.1 Å². The van der Waals surface area contributed by atoms with Crippen molar-refractivity contribution in [1.82, 2.24) is 5.32 Å². The Morgan fingerprint density at radius 3 is 2.50 bits per heavy atom.